The maximum Gasteiger partial charge on any atom is 0.169 e. The third kappa shape index (κ3) is 2.18. The standard InChI is InChI=1S/C19H15FN2O/c1-11-17-15-5-3-4-6-16(15)18(13-7-9-14(20)10-8-13)21-12(2)19(17)23-22-11/h3-10,12H,1-2H3. The fourth-order valence-electron chi connectivity index (χ4n) is 3.07. The molecule has 114 valence electrons. The van der Waals surface area contributed by atoms with Crippen molar-refractivity contribution in [2.75, 3.05) is 0 Å². The third-order valence-electron chi connectivity index (χ3n) is 4.16. The molecule has 0 radical (unpaired) electrons. The Morgan fingerprint density at radius 2 is 1.70 bits per heavy atom. The number of hydrogen-bond donors (Lipinski definition) is 0. The first kappa shape index (κ1) is 13.9. The van der Waals surface area contributed by atoms with Gasteiger partial charge in [-0.25, -0.2) is 4.39 Å². The molecule has 0 amide bonds. The molecule has 0 bridgehead atoms. The van der Waals surface area contributed by atoms with Gasteiger partial charge in [-0.1, -0.05) is 29.4 Å². The van der Waals surface area contributed by atoms with E-state index >= 15 is 0 Å². The molecular formula is C19H15FN2O. The molecule has 1 aliphatic heterocycles. The van der Waals surface area contributed by atoms with Gasteiger partial charge in [0, 0.05) is 11.1 Å². The van der Waals surface area contributed by atoms with Crippen LogP contribution in [0.5, 0.6) is 0 Å². The molecule has 0 spiro atoms. The Bertz CT molecular complexity index is 909. The van der Waals surface area contributed by atoms with E-state index in [0.717, 1.165) is 39.4 Å². The highest BCUT2D eigenvalue weighted by Crippen LogP contribution is 2.39. The molecule has 4 rings (SSSR count). The van der Waals surface area contributed by atoms with E-state index in [-0.39, 0.29) is 11.9 Å². The monoisotopic (exact) mass is 306 g/mol. The number of fused-ring (bicyclic) bond motifs is 3. The maximum absolute atomic E-state index is 13.3. The van der Waals surface area contributed by atoms with Gasteiger partial charge in [-0.2, -0.15) is 0 Å². The number of aromatic nitrogens is 1. The van der Waals surface area contributed by atoms with Crippen LogP contribution in [-0.2, 0) is 0 Å². The highest BCUT2D eigenvalue weighted by molar-refractivity contribution is 6.17. The summed E-state index contributed by atoms with van der Waals surface area (Å²) in [6.45, 7) is 3.92. The minimum absolute atomic E-state index is 0.154. The summed E-state index contributed by atoms with van der Waals surface area (Å²) in [7, 11) is 0. The summed E-state index contributed by atoms with van der Waals surface area (Å²) in [6.07, 6.45) is 0. The molecule has 0 fully saturated rings. The first-order valence-electron chi connectivity index (χ1n) is 7.55. The molecular weight excluding hydrogens is 291 g/mol. The van der Waals surface area contributed by atoms with Gasteiger partial charge in [0.1, 0.15) is 11.9 Å². The van der Waals surface area contributed by atoms with Crippen LogP contribution in [0.3, 0.4) is 0 Å². The zero-order valence-corrected chi connectivity index (χ0v) is 12.9. The van der Waals surface area contributed by atoms with Gasteiger partial charge >= 0.3 is 0 Å². The summed E-state index contributed by atoms with van der Waals surface area (Å²) < 4.78 is 18.8. The molecule has 0 saturated carbocycles. The molecule has 1 unspecified atom stereocenters. The molecule has 3 aromatic rings. The minimum atomic E-state index is -0.253. The second kappa shape index (κ2) is 5.16. The average Bonchev–Trinajstić information content (AvgIpc) is 2.89. The number of halogens is 1. The van der Waals surface area contributed by atoms with Crippen molar-refractivity contribution in [1.82, 2.24) is 5.16 Å². The lowest BCUT2D eigenvalue weighted by Gasteiger charge is -2.10. The predicted molar refractivity (Wildman–Crippen MR) is 87.1 cm³/mol. The van der Waals surface area contributed by atoms with Crippen LogP contribution < -0.4 is 0 Å². The fourth-order valence-corrected chi connectivity index (χ4v) is 3.07. The highest BCUT2D eigenvalue weighted by Gasteiger charge is 2.27. The number of rotatable bonds is 1. The van der Waals surface area contributed by atoms with Gasteiger partial charge in [0.2, 0.25) is 0 Å². The Hall–Kier alpha value is -2.75. The SMILES string of the molecule is Cc1noc2c1-c1ccccc1C(c1ccc(F)cc1)=NC2C. The van der Waals surface area contributed by atoms with Gasteiger partial charge in [0.05, 0.1) is 17.0 Å². The zero-order valence-electron chi connectivity index (χ0n) is 12.9. The van der Waals surface area contributed by atoms with E-state index in [2.05, 4.69) is 11.2 Å². The zero-order chi connectivity index (χ0) is 16.0. The van der Waals surface area contributed by atoms with Crippen LogP contribution in [0.1, 0.15) is 35.5 Å². The highest BCUT2D eigenvalue weighted by atomic mass is 19.1. The molecule has 0 N–H and O–H groups in total. The Morgan fingerprint density at radius 1 is 1.00 bits per heavy atom. The maximum atomic E-state index is 13.3. The van der Waals surface area contributed by atoms with E-state index in [9.17, 15) is 4.39 Å². The van der Waals surface area contributed by atoms with E-state index in [4.69, 9.17) is 9.52 Å². The lowest BCUT2D eigenvalue weighted by molar-refractivity contribution is 0.366. The van der Waals surface area contributed by atoms with Crippen molar-refractivity contribution in [3.8, 4) is 11.1 Å². The quantitative estimate of drug-likeness (QED) is 0.653. The normalized spacial score (nSPS) is 16.3. The van der Waals surface area contributed by atoms with Gasteiger partial charge in [-0.3, -0.25) is 4.99 Å². The molecule has 4 heteroatoms. The molecule has 1 aliphatic rings. The Morgan fingerprint density at radius 3 is 2.43 bits per heavy atom. The lowest BCUT2D eigenvalue weighted by Crippen LogP contribution is -2.05. The molecule has 2 heterocycles. The first-order valence-corrected chi connectivity index (χ1v) is 7.55. The largest absolute Gasteiger partial charge is 0.358 e. The van der Waals surface area contributed by atoms with Crippen LogP contribution in [0.4, 0.5) is 4.39 Å². The summed E-state index contributed by atoms with van der Waals surface area (Å²) in [4.78, 5) is 4.83. The Balaban J connectivity index is 2.00. The second-order valence-electron chi connectivity index (χ2n) is 5.71. The molecule has 1 aromatic heterocycles. The van der Waals surface area contributed by atoms with Crippen LogP contribution in [0.2, 0.25) is 0 Å². The number of aryl methyl sites for hydroxylation is 1. The van der Waals surface area contributed by atoms with Gasteiger partial charge in [0.15, 0.2) is 5.76 Å². The third-order valence-corrected chi connectivity index (χ3v) is 4.16. The smallest absolute Gasteiger partial charge is 0.169 e. The van der Waals surface area contributed by atoms with Crippen molar-refractivity contribution in [2.24, 2.45) is 4.99 Å². The van der Waals surface area contributed by atoms with Gasteiger partial charge in [-0.05, 0) is 43.7 Å². The molecule has 0 saturated heterocycles. The van der Waals surface area contributed by atoms with Crippen LogP contribution in [0.15, 0.2) is 58.0 Å². The van der Waals surface area contributed by atoms with Crippen LogP contribution in [-0.4, -0.2) is 10.9 Å². The summed E-state index contributed by atoms with van der Waals surface area (Å²) in [6, 6.07) is 14.3. The van der Waals surface area contributed by atoms with Gasteiger partial charge in [-0.15, -0.1) is 0 Å². The summed E-state index contributed by atoms with van der Waals surface area (Å²) in [5.41, 5.74) is 5.66. The minimum Gasteiger partial charge on any atom is -0.358 e. The van der Waals surface area contributed by atoms with Crippen molar-refractivity contribution < 1.29 is 8.91 Å². The summed E-state index contributed by atoms with van der Waals surface area (Å²) in [5.74, 6) is 0.517. The number of nitrogens with zero attached hydrogens (tertiary/aromatic N) is 2. The van der Waals surface area contributed by atoms with Gasteiger partial charge < -0.3 is 4.52 Å². The van der Waals surface area contributed by atoms with E-state index in [1.54, 1.807) is 12.1 Å². The van der Waals surface area contributed by atoms with Crippen LogP contribution >= 0.6 is 0 Å². The predicted octanol–water partition coefficient (Wildman–Crippen LogP) is 4.70. The fraction of sp³-hybridized carbons (Fsp3) is 0.158. The number of aliphatic imine (C=N–C) groups is 1. The van der Waals surface area contributed by atoms with Gasteiger partial charge in [0.25, 0.3) is 0 Å². The van der Waals surface area contributed by atoms with E-state index in [1.807, 2.05) is 32.0 Å². The van der Waals surface area contributed by atoms with E-state index < -0.39 is 0 Å². The second-order valence-corrected chi connectivity index (χ2v) is 5.71. The van der Waals surface area contributed by atoms with Crippen molar-refractivity contribution in [3.63, 3.8) is 0 Å². The van der Waals surface area contributed by atoms with E-state index in [0.29, 0.717) is 0 Å². The summed E-state index contributed by atoms with van der Waals surface area (Å²) >= 11 is 0. The summed E-state index contributed by atoms with van der Waals surface area (Å²) in [5, 5.41) is 4.10. The van der Waals surface area contributed by atoms with Crippen molar-refractivity contribution in [2.45, 2.75) is 19.9 Å². The molecule has 0 aliphatic carbocycles. The van der Waals surface area contributed by atoms with E-state index in [1.165, 1.54) is 12.1 Å². The number of hydrogen-bond acceptors (Lipinski definition) is 3. The first-order chi connectivity index (χ1) is 11.1. The molecule has 3 nitrogen and oxygen atoms in total. The van der Waals surface area contributed by atoms with Crippen LogP contribution in [0.25, 0.3) is 11.1 Å². The lowest BCUT2D eigenvalue weighted by atomic mass is 9.93. The average molecular weight is 306 g/mol. The molecule has 23 heavy (non-hydrogen) atoms. The van der Waals surface area contributed by atoms with Crippen LogP contribution in [0, 0.1) is 12.7 Å². The van der Waals surface area contributed by atoms with Crippen molar-refractivity contribution in [3.05, 3.63) is 76.9 Å². The molecule has 2 aromatic carbocycles. The Labute approximate surface area is 133 Å². The van der Waals surface area contributed by atoms with Crippen molar-refractivity contribution >= 4 is 5.71 Å². The number of benzene rings is 2. The topological polar surface area (TPSA) is 38.4 Å². The van der Waals surface area contributed by atoms with Crippen molar-refractivity contribution in [1.29, 1.82) is 0 Å². The Kier molecular flexibility index (Phi) is 3.11. The molecule has 1 atom stereocenters.